The molecular formula is C12H14O4. The summed E-state index contributed by atoms with van der Waals surface area (Å²) in [7, 11) is 0. The molecule has 4 heteroatoms. The Morgan fingerprint density at radius 2 is 2.19 bits per heavy atom. The van der Waals surface area contributed by atoms with Gasteiger partial charge in [0.2, 0.25) is 0 Å². The van der Waals surface area contributed by atoms with Crippen LogP contribution in [0.25, 0.3) is 0 Å². The molecule has 0 amide bonds. The number of phenolic OH excluding ortho intramolecular Hbond substituents is 1. The van der Waals surface area contributed by atoms with Crippen molar-refractivity contribution in [3.63, 3.8) is 0 Å². The average Bonchev–Trinajstić information content (AvgIpc) is 3.02. The minimum absolute atomic E-state index is 0.0377. The third kappa shape index (κ3) is 1.50. The topological polar surface area (TPSA) is 66.8 Å². The van der Waals surface area contributed by atoms with E-state index in [0.717, 1.165) is 0 Å². The van der Waals surface area contributed by atoms with Crippen molar-refractivity contribution in [1.82, 2.24) is 0 Å². The monoisotopic (exact) mass is 222 g/mol. The number of rotatable bonds is 4. The molecule has 1 fully saturated rings. The zero-order valence-corrected chi connectivity index (χ0v) is 9.06. The Labute approximate surface area is 93.5 Å². The van der Waals surface area contributed by atoms with Gasteiger partial charge in [-0.05, 0) is 25.8 Å². The van der Waals surface area contributed by atoms with Gasteiger partial charge in [0.15, 0.2) is 11.5 Å². The summed E-state index contributed by atoms with van der Waals surface area (Å²) in [6.07, 6.45) is 1.15. The fourth-order valence-corrected chi connectivity index (χ4v) is 1.90. The summed E-state index contributed by atoms with van der Waals surface area (Å²) in [5.74, 6) is -0.562. The highest BCUT2D eigenvalue weighted by Crippen LogP contribution is 2.53. The van der Waals surface area contributed by atoms with Crippen molar-refractivity contribution < 1.29 is 19.7 Å². The second-order valence-corrected chi connectivity index (χ2v) is 3.97. The Kier molecular flexibility index (Phi) is 2.50. The van der Waals surface area contributed by atoms with Gasteiger partial charge in [-0.2, -0.15) is 0 Å². The van der Waals surface area contributed by atoms with Crippen molar-refractivity contribution in [2.24, 2.45) is 0 Å². The summed E-state index contributed by atoms with van der Waals surface area (Å²) >= 11 is 0. The molecule has 0 aliphatic heterocycles. The predicted molar refractivity (Wildman–Crippen MR) is 57.8 cm³/mol. The molecule has 1 saturated carbocycles. The molecule has 1 aromatic rings. The van der Waals surface area contributed by atoms with Crippen molar-refractivity contribution in [1.29, 1.82) is 0 Å². The molecule has 0 spiro atoms. The molecule has 86 valence electrons. The smallest absolute Gasteiger partial charge is 0.314 e. The quantitative estimate of drug-likeness (QED) is 0.816. The first-order chi connectivity index (χ1) is 7.62. The van der Waals surface area contributed by atoms with E-state index in [0.29, 0.717) is 30.8 Å². The number of hydrogen-bond donors (Lipinski definition) is 2. The second-order valence-electron chi connectivity index (χ2n) is 3.97. The lowest BCUT2D eigenvalue weighted by Gasteiger charge is -2.14. The number of benzene rings is 1. The van der Waals surface area contributed by atoms with E-state index < -0.39 is 11.4 Å². The maximum Gasteiger partial charge on any atom is 0.314 e. The van der Waals surface area contributed by atoms with Crippen LogP contribution in [0, 0.1) is 0 Å². The van der Waals surface area contributed by atoms with Crippen LogP contribution in [-0.4, -0.2) is 22.8 Å². The van der Waals surface area contributed by atoms with E-state index in [-0.39, 0.29) is 5.75 Å². The van der Waals surface area contributed by atoms with Gasteiger partial charge < -0.3 is 14.9 Å². The van der Waals surface area contributed by atoms with Crippen LogP contribution in [0.3, 0.4) is 0 Å². The number of para-hydroxylation sites is 1. The lowest BCUT2D eigenvalue weighted by Crippen LogP contribution is -2.19. The van der Waals surface area contributed by atoms with Crippen LogP contribution in [0.1, 0.15) is 25.3 Å². The zero-order valence-electron chi connectivity index (χ0n) is 9.06. The molecule has 1 aliphatic carbocycles. The van der Waals surface area contributed by atoms with Gasteiger partial charge in [-0.25, -0.2) is 0 Å². The number of phenols is 1. The Bertz CT molecular complexity index is 421. The number of carboxylic acids is 1. The Morgan fingerprint density at radius 1 is 1.50 bits per heavy atom. The van der Waals surface area contributed by atoms with Crippen molar-refractivity contribution in [2.45, 2.75) is 25.2 Å². The maximum absolute atomic E-state index is 11.2. The van der Waals surface area contributed by atoms with Gasteiger partial charge in [-0.1, -0.05) is 12.1 Å². The molecule has 4 nitrogen and oxygen atoms in total. The molecule has 0 unspecified atom stereocenters. The molecule has 1 aliphatic rings. The number of hydrogen-bond acceptors (Lipinski definition) is 3. The lowest BCUT2D eigenvalue weighted by atomic mass is 9.95. The third-order valence-electron chi connectivity index (χ3n) is 2.97. The standard InChI is InChI=1S/C12H14O4/c1-2-16-9-5-3-4-8(10(9)13)12(6-7-12)11(14)15/h3-5,13H,2,6-7H2,1H3,(H,14,15). The summed E-state index contributed by atoms with van der Waals surface area (Å²) in [5, 5.41) is 19.1. The molecule has 0 heterocycles. The number of aromatic hydroxyl groups is 1. The Balaban J connectivity index is 2.42. The normalized spacial score (nSPS) is 16.8. The van der Waals surface area contributed by atoms with Crippen LogP contribution >= 0.6 is 0 Å². The Morgan fingerprint density at radius 3 is 2.69 bits per heavy atom. The lowest BCUT2D eigenvalue weighted by molar-refractivity contribution is -0.140. The van der Waals surface area contributed by atoms with Crippen molar-refractivity contribution >= 4 is 5.97 Å². The molecule has 0 aromatic heterocycles. The first-order valence-corrected chi connectivity index (χ1v) is 5.30. The summed E-state index contributed by atoms with van der Waals surface area (Å²) in [6.45, 7) is 2.26. The number of aliphatic carboxylic acids is 1. The number of carboxylic acid groups (broad SMARTS) is 1. The number of carbonyl (C=O) groups is 1. The van der Waals surface area contributed by atoms with Gasteiger partial charge in [-0.15, -0.1) is 0 Å². The van der Waals surface area contributed by atoms with Crippen LogP contribution in [0.15, 0.2) is 18.2 Å². The molecule has 0 radical (unpaired) electrons. The summed E-state index contributed by atoms with van der Waals surface area (Å²) in [6, 6.07) is 5.00. The van der Waals surface area contributed by atoms with Gasteiger partial charge in [0.05, 0.1) is 12.0 Å². The molecule has 16 heavy (non-hydrogen) atoms. The van der Waals surface area contributed by atoms with Crippen LogP contribution in [-0.2, 0) is 10.2 Å². The highest BCUT2D eigenvalue weighted by Gasteiger charge is 2.53. The van der Waals surface area contributed by atoms with Crippen LogP contribution in [0.4, 0.5) is 0 Å². The molecule has 2 N–H and O–H groups in total. The van der Waals surface area contributed by atoms with E-state index in [1.165, 1.54) is 0 Å². The number of ether oxygens (including phenoxy) is 1. The van der Waals surface area contributed by atoms with Crippen molar-refractivity contribution in [3.8, 4) is 11.5 Å². The second kappa shape index (κ2) is 3.70. The third-order valence-corrected chi connectivity index (χ3v) is 2.97. The summed E-state index contributed by atoms with van der Waals surface area (Å²) in [5.41, 5.74) is -0.428. The summed E-state index contributed by atoms with van der Waals surface area (Å²) < 4.78 is 5.24. The minimum atomic E-state index is -0.892. The first-order valence-electron chi connectivity index (χ1n) is 5.30. The largest absolute Gasteiger partial charge is 0.504 e. The summed E-state index contributed by atoms with van der Waals surface area (Å²) in [4.78, 5) is 11.2. The van der Waals surface area contributed by atoms with Gasteiger partial charge >= 0.3 is 5.97 Å². The van der Waals surface area contributed by atoms with Gasteiger partial charge in [0.25, 0.3) is 0 Å². The zero-order chi connectivity index (χ0) is 11.8. The highest BCUT2D eigenvalue weighted by molar-refractivity contribution is 5.86. The molecule has 1 aromatic carbocycles. The highest BCUT2D eigenvalue weighted by atomic mass is 16.5. The maximum atomic E-state index is 11.2. The minimum Gasteiger partial charge on any atom is -0.504 e. The molecule has 0 atom stereocenters. The van der Waals surface area contributed by atoms with Crippen LogP contribution in [0.5, 0.6) is 11.5 Å². The van der Waals surface area contributed by atoms with Crippen molar-refractivity contribution in [2.75, 3.05) is 6.61 Å². The van der Waals surface area contributed by atoms with Crippen molar-refractivity contribution in [3.05, 3.63) is 23.8 Å². The van der Waals surface area contributed by atoms with E-state index >= 15 is 0 Å². The SMILES string of the molecule is CCOc1cccc(C2(C(=O)O)CC2)c1O. The predicted octanol–water partition coefficient (Wildman–Crippen LogP) is 1.91. The van der Waals surface area contributed by atoms with E-state index in [9.17, 15) is 9.90 Å². The van der Waals surface area contributed by atoms with Crippen LogP contribution < -0.4 is 4.74 Å². The van der Waals surface area contributed by atoms with E-state index in [1.54, 1.807) is 18.2 Å². The first kappa shape index (κ1) is 10.8. The van der Waals surface area contributed by atoms with E-state index in [4.69, 9.17) is 9.84 Å². The Hall–Kier alpha value is -1.71. The van der Waals surface area contributed by atoms with Gasteiger partial charge in [-0.3, -0.25) is 4.79 Å². The molecule has 0 saturated heterocycles. The van der Waals surface area contributed by atoms with Gasteiger partial charge in [0.1, 0.15) is 0 Å². The fourth-order valence-electron chi connectivity index (χ4n) is 1.90. The molecule has 0 bridgehead atoms. The molecule has 2 rings (SSSR count). The molecular weight excluding hydrogens is 208 g/mol. The average molecular weight is 222 g/mol. The fraction of sp³-hybridized carbons (Fsp3) is 0.417. The van der Waals surface area contributed by atoms with E-state index in [1.807, 2.05) is 6.92 Å². The van der Waals surface area contributed by atoms with E-state index in [2.05, 4.69) is 0 Å². The van der Waals surface area contributed by atoms with Gasteiger partial charge in [0, 0.05) is 5.56 Å². The van der Waals surface area contributed by atoms with Crippen LogP contribution in [0.2, 0.25) is 0 Å².